The van der Waals surface area contributed by atoms with Gasteiger partial charge < -0.3 is 58.9 Å². The minimum absolute atomic E-state index is 0.114. The van der Waals surface area contributed by atoms with Crippen molar-refractivity contribution in [3.05, 3.63) is 18.9 Å². The molecule has 0 bridgehead atoms. The Hall–Kier alpha value is -1.36. The molecule has 9 N–H and O–H groups in total. The highest BCUT2D eigenvalue weighted by molar-refractivity contribution is 7.46. The lowest BCUT2D eigenvalue weighted by molar-refractivity contribution is -0.313. The van der Waals surface area contributed by atoms with Gasteiger partial charge in [-0.25, -0.2) is 28.6 Å². The van der Waals surface area contributed by atoms with E-state index in [0.717, 1.165) is 6.33 Å². The number of phosphoric ester groups is 3. The van der Waals surface area contributed by atoms with E-state index in [2.05, 4.69) is 24.0 Å². The molecule has 0 unspecified atom stereocenters. The summed E-state index contributed by atoms with van der Waals surface area (Å²) in [4.78, 5) is 68.1. The molecule has 2 fully saturated rings. The number of ether oxygens (including phenoxy) is 3. The van der Waals surface area contributed by atoms with Gasteiger partial charge >= 0.3 is 23.5 Å². The van der Waals surface area contributed by atoms with Crippen LogP contribution < -0.4 is 0 Å². The van der Waals surface area contributed by atoms with E-state index in [1.165, 1.54) is 17.1 Å². The molecule has 4 heterocycles. The Bertz CT molecular complexity index is 1350. The Morgan fingerprint density at radius 1 is 0.805 bits per heavy atom. The van der Waals surface area contributed by atoms with E-state index in [-0.39, 0.29) is 11.2 Å². The molecule has 0 aromatic carbocycles. The summed E-state index contributed by atoms with van der Waals surface area (Å²) in [5, 5.41) is 30.6. The summed E-state index contributed by atoms with van der Waals surface area (Å²) in [6.45, 7) is -1.99. The monoisotopic (exact) mass is 654 g/mol. The molecule has 2 aromatic heterocycles. The van der Waals surface area contributed by atoms with Crippen molar-refractivity contribution in [2.24, 2.45) is 0 Å². The molecule has 25 heteroatoms. The van der Waals surface area contributed by atoms with Gasteiger partial charge in [-0.3, -0.25) is 18.1 Å². The zero-order chi connectivity index (χ0) is 30.3. The molecular formula is C16H25N4O18P3. The standard InChI is InChI=1S/C16H25N4O18P3/c21-2-7-10(13(38-41(30,31)32)15(33-7)20-5-19-6-1-17-4-18-14(6)20)35-16-9(23)12(37-40(27,28)29)11(8(3-22)34-16)36-39(24,25)26/h1,4-5,7-13,15-16,21-23H,2-3H2,(H2,24,25,26)(H2,27,28,29)(H2,30,31,32)/t7-,8+,9+,10-,11-,12-,13-,15-,16-/m1/s1. The Morgan fingerprint density at radius 3 is 1.95 bits per heavy atom. The van der Waals surface area contributed by atoms with Crippen LogP contribution >= 0.6 is 23.5 Å². The zero-order valence-electron chi connectivity index (χ0n) is 20.2. The van der Waals surface area contributed by atoms with Crippen LogP contribution in [0.25, 0.3) is 11.2 Å². The Morgan fingerprint density at radius 2 is 1.37 bits per heavy atom. The molecule has 22 nitrogen and oxygen atoms in total. The molecule has 4 rings (SSSR count). The zero-order valence-corrected chi connectivity index (χ0v) is 22.9. The van der Waals surface area contributed by atoms with E-state index >= 15 is 0 Å². The van der Waals surface area contributed by atoms with Crippen molar-refractivity contribution in [1.82, 2.24) is 19.5 Å². The maximum atomic E-state index is 11.9. The second-order valence-corrected chi connectivity index (χ2v) is 12.2. The quantitative estimate of drug-likeness (QED) is 0.107. The highest BCUT2D eigenvalue weighted by Gasteiger charge is 2.56. The number of fused-ring (bicyclic) bond motifs is 1. The number of aromatic nitrogens is 4. The van der Waals surface area contributed by atoms with Gasteiger partial charge in [0.2, 0.25) is 0 Å². The first-order valence-electron chi connectivity index (χ1n) is 11.2. The van der Waals surface area contributed by atoms with E-state index < -0.39 is 91.9 Å². The van der Waals surface area contributed by atoms with Gasteiger partial charge in [-0.2, -0.15) is 0 Å². The van der Waals surface area contributed by atoms with Crippen LogP contribution in [0, 0.1) is 0 Å². The van der Waals surface area contributed by atoms with Crippen LogP contribution in [0.1, 0.15) is 6.23 Å². The lowest BCUT2D eigenvalue weighted by Gasteiger charge is -2.44. The number of phosphoric acid groups is 3. The van der Waals surface area contributed by atoms with E-state index in [1.807, 2.05) is 0 Å². The third kappa shape index (κ3) is 7.78. The van der Waals surface area contributed by atoms with E-state index in [0.29, 0.717) is 0 Å². The summed E-state index contributed by atoms with van der Waals surface area (Å²) in [6.07, 6.45) is -13.6. The second-order valence-electron chi connectivity index (χ2n) is 8.63. The van der Waals surface area contributed by atoms with E-state index in [4.69, 9.17) is 18.7 Å². The molecule has 2 aliphatic rings. The van der Waals surface area contributed by atoms with Gasteiger partial charge in [0.05, 0.1) is 25.7 Å². The van der Waals surface area contributed by atoms with E-state index in [1.54, 1.807) is 0 Å². The lowest BCUT2D eigenvalue weighted by atomic mass is 9.99. The van der Waals surface area contributed by atoms with Crippen molar-refractivity contribution in [1.29, 1.82) is 0 Å². The molecule has 2 aliphatic heterocycles. The fraction of sp³-hybridized carbons (Fsp3) is 0.688. The van der Waals surface area contributed by atoms with Crippen LogP contribution in [0.15, 0.2) is 18.9 Å². The molecule has 2 aromatic rings. The number of rotatable bonds is 11. The minimum atomic E-state index is -5.50. The topological polar surface area (TPSA) is 332 Å². The van der Waals surface area contributed by atoms with Crippen LogP contribution in [0.2, 0.25) is 0 Å². The summed E-state index contributed by atoms with van der Waals surface area (Å²) in [6, 6.07) is 0. The van der Waals surface area contributed by atoms with Gasteiger partial charge in [0.25, 0.3) is 0 Å². The average Bonchev–Trinajstić information content (AvgIpc) is 3.41. The van der Waals surface area contributed by atoms with Crippen LogP contribution in [-0.2, 0) is 41.5 Å². The summed E-state index contributed by atoms with van der Waals surface area (Å²) < 4.78 is 66.6. The van der Waals surface area contributed by atoms with Gasteiger partial charge in [0.15, 0.2) is 18.2 Å². The van der Waals surface area contributed by atoms with Gasteiger partial charge in [0, 0.05) is 0 Å². The van der Waals surface area contributed by atoms with Gasteiger partial charge in [-0.1, -0.05) is 0 Å². The van der Waals surface area contributed by atoms with Crippen LogP contribution in [-0.4, -0.2) is 126 Å². The normalized spacial score (nSPS) is 33.4. The smallest absolute Gasteiger partial charge is 0.394 e. The summed E-state index contributed by atoms with van der Waals surface area (Å²) in [5.41, 5.74) is 0.352. The number of aliphatic hydroxyl groups excluding tert-OH is 3. The maximum Gasteiger partial charge on any atom is 0.470 e. The predicted molar refractivity (Wildman–Crippen MR) is 124 cm³/mol. The molecule has 41 heavy (non-hydrogen) atoms. The first-order valence-corrected chi connectivity index (χ1v) is 15.8. The molecule has 232 valence electrons. The van der Waals surface area contributed by atoms with Crippen LogP contribution in [0.4, 0.5) is 0 Å². The number of hydrogen-bond acceptors (Lipinski definition) is 15. The van der Waals surface area contributed by atoms with Crippen molar-refractivity contribution >= 4 is 34.6 Å². The molecule has 0 spiro atoms. The molecule has 0 aliphatic carbocycles. The van der Waals surface area contributed by atoms with Crippen molar-refractivity contribution in [2.45, 2.75) is 55.2 Å². The summed E-state index contributed by atoms with van der Waals surface area (Å²) >= 11 is 0. The molecule has 9 atom stereocenters. The van der Waals surface area contributed by atoms with Gasteiger partial charge in [-0.15, -0.1) is 0 Å². The molecule has 0 amide bonds. The van der Waals surface area contributed by atoms with Crippen LogP contribution in [0.5, 0.6) is 0 Å². The molecular weight excluding hydrogens is 629 g/mol. The Balaban J connectivity index is 1.69. The van der Waals surface area contributed by atoms with Crippen molar-refractivity contribution in [3.63, 3.8) is 0 Å². The van der Waals surface area contributed by atoms with Gasteiger partial charge in [-0.05, 0) is 0 Å². The number of imidazole rings is 1. The minimum Gasteiger partial charge on any atom is -0.394 e. The fourth-order valence-corrected chi connectivity index (χ4v) is 6.03. The number of nitrogens with zero attached hydrogens (tertiary/aromatic N) is 4. The molecule has 0 saturated carbocycles. The van der Waals surface area contributed by atoms with Crippen molar-refractivity contribution in [3.8, 4) is 0 Å². The van der Waals surface area contributed by atoms with Gasteiger partial charge in [0.1, 0.15) is 54.6 Å². The molecule has 0 radical (unpaired) electrons. The first-order chi connectivity index (χ1) is 19.0. The van der Waals surface area contributed by atoms with Crippen molar-refractivity contribution in [2.75, 3.05) is 13.2 Å². The summed E-state index contributed by atoms with van der Waals surface area (Å²) in [5.74, 6) is 0. The number of aliphatic hydroxyl groups is 3. The molecule has 2 saturated heterocycles. The largest absolute Gasteiger partial charge is 0.470 e. The predicted octanol–water partition coefficient (Wildman–Crippen LogP) is -3.39. The van der Waals surface area contributed by atoms with Crippen LogP contribution in [0.3, 0.4) is 0 Å². The Labute approximate surface area is 228 Å². The summed E-state index contributed by atoms with van der Waals surface area (Å²) in [7, 11) is -16.3. The second kappa shape index (κ2) is 12.3. The average molecular weight is 654 g/mol. The Kier molecular flexibility index (Phi) is 9.79. The van der Waals surface area contributed by atoms with E-state index in [9.17, 15) is 58.4 Å². The highest BCUT2D eigenvalue weighted by Crippen LogP contribution is 2.49. The third-order valence-corrected chi connectivity index (χ3v) is 7.40. The highest BCUT2D eigenvalue weighted by atomic mass is 31.2. The third-order valence-electron chi connectivity index (χ3n) is 5.84. The maximum absolute atomic E-state index is 11.9. The lowest BCUT2D eigenvalue weighted by Crippen LogP contribution is -2.61. The SMILES string of the molecule is O=P(O)(O)O[C@@H]1[C@H](O)[C@@H](O[C@H]2[C@@H](OP(=O)(O)O)[C@H](n3cnc4cncnc43)O[C@@H]2CO)O[C@@H](CO)[C@H]1OP(=O)(O)O. The fourth-order valence-electron chi connectivity index (χ4n) is 4.36. The first kappa shape index (κ1) is 32.6. The van der Waals surface area contributed by atoms with Crippen molar-refractivity contribution < 1.29 is 86.2 Å². The number of hydrogen-bond donors (Lipinski definition) is 9.